The van der Waals surface area contributed by atoms with Gasteiger partial charge < -0.3 is 15.0 Å². The van der Waals surface area contributed by atoms with Crippen molar-refractivity contribution in [2.45, 2.75) is 70.8 Å². The van der Waals surface area contributed by atoms with Crippen molar-refractivity contribution in [3.05, 3.63) is 35.8 Å². The smallest absolute Gasteiger partial charge is 0.225 e. The van der Waals surface area contributed by atoms with Crippen LogP contribution in [0.1, 0.15) is 56.7 Å². The number of carbonyl (C=O) groups is 1. The van der Waals surface area contributed by atoms with E-state index in [9.17, 15) is 4.79 Å². The number of aryl methyl sites for hydroxylation is 2. The number of hydrogen-bond acceptors (Lipinski definition) is 4. The molecule has 2 aliphatic carbocycles. The number of nitrogens with one attached hydrogen (secondary N) is 1. The molecule has 1 aromatic rings. The van der Waals surface area contributed by atoms with Gasteiger partial charge in [-0.25, -0.2) is 4.98 Å². The molecule has 150 valence electrons. The minimum Gasteiger partial charge on any atom is -0.383 e. The molecule has 3 fully saturated rings. The number of amides is 1. The molecule has 6 heteroatoms. The third-order valence-electron chi connectivity index (χ3n) is 7.61. The zero-order valence-corrected chi connectivity index (χ0v) is 17.7. The summed E-state index contributed by atoms with van der Waals surface area (Å²) in [7, 11) is 2.18. The van der Waals surface area contributed by atoms with Gasteiger partial charge >= 0.3 is 0 Å². The summed E-state index contributed by atoms with van der Waals surface area (Å²) < 4.78 is 6.05. The highest BCUT2D eigenvalue weighted by molar-refractivity contribution is 6.16. The van der Waals surface area contributed by atoms with Crippen molar-refractivity contribution in [2.75, 3.05) is 11.5 Å². The Morgan fingerprint density at radius 1 is 1.43 bits per heavy atom. The molecule has 4 rings (SSSR count). The lowest BCUT2D eigenvalue weighted by atomic mass is 9.43. The summed E-state index contributed by atoms with van der Waals surface area (Å²) in [6.07, 6.45) is 6.08. The number of fused-ring (bicyclic) bond motifs is 1. The highest BCUT2D eigenvalue weighted by Crippen LogP contribution is 2.61. The fourth-order valence-electron chi connectivity index (χ4n) is 5.22. The average molecular weight is 381 g/mol. The molecule has 3 aliphatic rings. The molecule has 2 saturated carbocycles. The predicted molar refractivity (Wildman–Crippen MR) is 114 cm³/mol. The summed E-state index contributed by atoms with van der Waals surface area (Å²) in [6.45, 7) is 11.4. The van der Waals surface area contributed by atoms with Gasteiger partial charge in [-0.05, 0) is 68.9 Å². The Balaban J connectivity index is 1.45. The van der Waals surface area contributed by atoms with Crippen molar-refractivity contribution < 1.29 is 9.53 Å². The van der Waals surface area contributed by atoms with Crippen LogP contribution >= 0.6 is 0 Å². The van der Waals surface area contributed by atoms with Gasteiger partial charge in [0.05, 0.1) is 0 Å². The van der Waals surface area contributed by atoms with Gasteiger partial charge in [-0.15, -0.1) is 0 Å². The van der Waals surface area contributed by atoms with Gasteiger partial charge in [0.1, 0.15) is 19.5 Å². The van der Waals surface area contributed by atoms with Crippen molar-refractivity contribution in [2.24, 2.45) is 11.3 Å². The van der Waals surface area contributed by atoms with Gasteiger partial charge in [0.25, 0.3) is 0 Å². The summed E-state index contributed by atoms with van der Waals surface area (Å²) in [6, 6.07) is 4.48. The molecule has 1 unspecified atom stereocenters. The van der Waals surface area contributed by atoms with Crippen molar-refractivity contribution in [1.82, 2.24) is 10.3 Å². The predicted octanol–water partition coefficient (Wildman–Crippen LogP) is 2.81. The summed E-state index contributed by atoms with van der Waals surface area (Å²) in [4.78, 5) is 19.7. The second-order valence-electron chi connectivity index (χ2n) is 9.41. The van der Waals surface area contributed by atoms with Crippen molar-refractivity contribution in [1.29, 1.82) is 0 Å². The van der Waals surface area contributed by atoms with E-state index in [0.29, 0.717) is 18.3 Å². The van der Waals surface area contributed by atoms with Crippen LogP contribution in [0.15, 0.2) is 24.5 Å². The van der Waals surface area contributed by atoms with Crippen LogP contribution in [0.4, 0.5) is 5.82 Å². The molecule has 2 heterocycles. The van der Waals surface area contributed by atoms with E-state index in [1.165, 1.54) is 6.42 Å². The van der Waals surface area contributed by atoms with Crippen molar-refractivity contribution >= 4 is 19.6 Å². The summed E-state index contributed by atoms with van der Waals surface area (Å²) in [5.74, 6) is 1.87. The van der Waals surface area contributed by atoms with Crippen molar-refractivity contribution in [3.63, 3.8) is 0 Å². The van der Waals surface area contributed by atoms with E-state index in [-0.39, 0.29) is 22.7 Å². The number of hydrogen-bond donors (Lipinski definition) is 1. The Morgan fingerprint density at radius 3 is 2.82 bits per heavy atom. The number of carbonyl (C=O) groups excluding carboxylic acids is 1. The normalized spacial score (nSPS) is 31.5. The highest BCUT2D eigenvalue weighted by atomic mass is 16.5. The molecule has 0 radical (unpaired) electrons. The van der Waals surface area contributed by atoms with E-state index in [1.54, 1.807) is 0 Å². The molecule has 5 nitrogen and oxygen atoms in total. The molecule has 1 aliphatic heterocycles. The van der Waals surface area contributed by atoms with E-state index in [1.807, 2.05) is 13.0 Å². The maximum Gasteiger partial charge on any atom is 0.225 e. The maximum absolute atomic E-state index is 12.8. The van der Waals surface area contributed by atoms with Crippen molar-refractivity contribution in [3.8, 4) is 0 Å². The SMILES string of the molecule is B[C@]12OCC[C@@]1(C)CC2CC(=O)NC(=C)N(c1nc(C)ccc1C)C1CCC1. The molecular weight excluding hydrogens is 349 g/mol. The largest absolute Gasteiger partial charge is 0.383 e. The Morgan fingerprint density at radius 2 is 2.18 bits per heavy atom. The summed E-state index contributed by atoms with van der Waals surface area (Å²) in [5, 5.41) is 3.08. The Bertz CT molecular complexity index is 809. The van der Waals surface area contributed by atoms with E-state index in [4.69, 9.17) is 9.72 Å². The number of aromatic nitrogens is 1. The first kappa shape index (κ1) is 19.5. The quantitative estimate of drug-likeness (QED) is 0.770. The molecule has 1 amide bonds. The number of pyridine rings is 1. The molecule has 0 aromatic carbocycles. The summed E-state index contributed by atoms with van der Waals surface area (Å²) >= 11 is 0. The van der Waals surface area contributed by atoms with Gasteiger partial charge in [0, 0.05) is 30.3 Å². The standard InChI is InChI=1S/C22H32BN3O2/c1-14-8-9-15(2)24-20(14)26(18-6-5-7-18)16(3)25-19(27)12-17-13-21(4)10-11-28-22(17,21)23/h8-9,17-18H,3,5-7,10-13,23H2,1-2,4H3,(H,25,27)/t17?,21-,22+/m0/s1. The molecule has 28 heavy (non-hydrogen) atoms. The topological polar surface area (TPSA) is 54.5 Å². The number of ether oxygens (including phenoxy) is 1. The third-order valence-corrected chi connectivity index (χ3v) is 7.61. The number of rotatable bonds is 6. The fourth-order valence-corrected chi connectivity index (χ4v) is 5.22. The lowest BCUT2D eigenvalue weighted by Crippen LogP contribution is -2.62. The average Bonchev–Trinajstić information content (AvgIpc) is 2.82. The molecule has 1 saturated heterocycles. The van der Waals surface area contributed by atoms with Gasteiger partial charge in [0.15, 0.2) is 0 Å². The minimum absolute atomic E-state index is 0.0309. The second-order valence-corrected chi connectivity index (χ2v) is 9.41. The van der Waals surface area contributed by atoms with Crippen LogP contribution in [0.25, 0.3) is 0 Å². The molecule has 0 spiro atoms. The molecule has 0 bridgehead atoms. The first-order chi connectivity index (χ1) is 13.2. The molecule has 3 atom stereocenters. The number of nitrogens with zero attached hydrogens (tertiary/aromatic N) is 2. The summed E-state index contributed by atoms with van der Waals surface area (Å²) in [5.41, 5.74) is 2.16. The van der Waals surface area contributed by atoms with E-state index in [0.717, 1.165) is 49.4 Å². The van der Waals surface area contributed by atoms with Gasteiger partial charge in [-0.1, -0.05) is 19.6 Å². The van der Waals surface area contributed by atoms with Crippen LogP contribution in [-0.4, -0.2) is 36.9 Å². The first-order valence-electron chi connectivity index (χ1n) is 10.6. The van der Waals surface area contributed by atoms with Crippen LogP contribution in [0.3, 0.4) is 0 Å². The lowest BCUT2D eigenvalue weighted by molar-refractivity contribution is -0.140. The van der Waals surface area contributed by atoms with Crippen LogP contribution in [0.5, 0.6) is 0 Å². The Labute approximate surface area is 169 Å². The van der Waals surface area contributed by atoms with Gasteiger partial charge in [-0.2, -0.15) is 0 Å². The monoisotopic (exact) mass is 381 g/mol. The van der Waals surface area contributed by atoms with Crippen LogP contribution in [0, 0.1) is 25.2 Å². The molecule has 1 N–H and O–H groups in total. The Hall–Kier alpha value is -1.82. The fraction of sp³-hybridized carbons (Fsp3) is 0.636. The minimum atomic E-state index is -0.159. The van der Waals surface area contributed by atoms with Gasteiger partial charge in [0.2, 0.25) is 5.91 Å². The van der Waals surface area contributed by atoms with Crippen LogP contribution < -0.4 is 10.2 Å². The lowest BCUT2D eigenvalue weighted by Gasteiger charge is -2.57. The number of anilines is 1. The molecular formula is C22H32BN3O2. The third kappa shape index (κ3) is 3.06. The van der Waals surface area contributed by atoms with E-state index in [2.05, 4.69) is 44.6 Å². The zero-order chi connectivity index (χ0) is 20.1. The van der Waals surface area contributed by atoms with E-state index >= 15 is 0 Å². The van der Waals surface area contributed by atoms with Gasteiger partial charge in [-0.3, -0.25) is 4.79 Å². The van der Waals surface area contributed by atoms with Crippen LogP contribution in [-0.2, 0) is 9.53 Å². The molecule has 1 aromatic heterocycles. The first-order valence-corrected chi connectivity index (χ1v) is 10.6. The second kappa shape index (κ2) is 6.91. The maximum atomic E-state index is 12.8. The highest BCUT2D eigenvalue weighted by Gasteiger charge is 2.63. The Kier molecular flexibility index (Phi) is 4.81. The zero-order valence-electron chi connectivity index (χ0n) is 17.7. The van der Waals surface area contributed by atoms with E-state index < -0.39 is 0 Å². The van der Waals surface area contributed by atoms with Crippen LogP contribution in [0.2, 0.25) is 0 Å².